The van der Waals surface area contributed by atoms with Gasteiger partial charge in [-0.1, -0.05) is 12.1 Å². The van der Waals surface area contributed by atoms with Gasteiger partial charge < -0.3 is 0 Å². The highest BCUT2D eigenvalue weighted by Gasteiger charge is 2.14. The standard InChI is InChI=1S/C18H17FN6/c1-23-11-14(8-20-23)17-7-18(15-9-21-24(2)12-15)25(22-17)10-13-3-5-16(19)6-4-13/h3-9,11-12H,10H2,1-2H3. The number of hydrogen-bond acceptors (Lipinski definition) is 3. The van der Waals surface area contributed by atoms with Crippen LogP contribution in [0.3, 0.4) is 0 Å². The van der Waals surface area contributed by atoms with E-state index in [-0.39, 0.29) is 5.82 Å². The first-order valence-corrected chi connectivity index (χ1v) is 7.89. The van der Waals surface area contributed by atoms with Gasteiger partial charge in [0.05, 0.1) is 30.3 Å². The number of rotatable bonds is 4. The maximum atomic E-state index is 13.2. The van der Waals surface area contributed by atoms with E-state index >= 15 is 0 Å². The molecule has 0 saturated heterocycles. The summed E-state index contributed by atoms with van der Waals surface area (Å²) in [5, 5.41) is 13.2. The molecule has 25 heavy (non-hydrogen) atoms. The van der Waals surface area contributed by atoms with Crippen LogP contribution < -0.4 is 0 Å². The molecule has 0 unspecified atom stereocenters. The number of benzene rings is 1. The molecule has 0 aliphatic rings. The molecule has 4 aromatic rings. The van der Waals surface area contributed by atoms with Crippen LogP contribution in [0.4, 0.5) is 4.39 Å². The number of hydrogen-bond donors (Lipinski definition) is 0. The Morgan fingerprint density at radius 1 is 0.920 bits per heavy atom. The van der Waals surface area contributed by atoms with Crippen molar-refractivity contribution in [3.63, 3.8) is 0 Å². The van der Waals surface area contributed by atoms with Crippen molar-refractivity contribution in [1.29, 1.82) is 0 Å². The number of halogens is 1. The SMILES string of the molecule is Cn1cc(-c2cc(-c3cnn(C)c3)n(Cc3ccc(F)cc3)n2)cn1. The lowest BCUT2D eigenvalue weighted by atomic mass is 10.2. The molecule has 0 N–H and O–H groups in total. The average molecular weight is 336 g/mol. The summed E-state index contributed by atoms with van der Waals surface area (Å²) < 4.78 is 18.6. The van der Waals surface area contributed by atoms with Crippen LogP contribution in [0.2, 0.25) is 0 Å². The molecule has 0 aliphatic carbocycles. The zero-order chi connectivity index (χ0) is 17.4. The molecule has 7 heteroatoms. The second kappa shape index (κ2) is 6.01. The van der Waals surface area contributed by atoms with Gasteiger partial charge >= 0.3 is 0 Å². The van der Waals surface area contributed by atoms with E-state index in [2.05, 4.69) is 10.2 Å². The Hall–Kier alpha value is -3.22. The Bertz CT molecular complexity index is 1010. The minimum Gasteiger partial charge on any atom is -0.275 e. The first kappa shape index (κ1) is 15.3. The van der Waals surface area contributed by atoms with Crippen molar-refractivity contribution in [2.75, 3.05) is 0 Å². The molecule has 0 bridgehead atoms. The molecule has 3 heterocycles. The van der Waals surface area contributed by atoms with Gasteiger partial charge in [-0.25, -0.2) is 4.39 Å². The lowest BCUT2D eigenvalue weighted by molar-refractivity contribution is 0.625. The van der Waals surface area contributed by atoms with E-state index in [1.807, 2.05) is 43.4 Å². The summed E-state index contributed by atoms with van der Waals surface area (Å²) in [6.07, 6.45) is 7.48. The quantitative estimate of drug-likeness (QED) is 0.576. The van der Waals surface area contributed by atoms with Gasteiger partial charge in [0.2, 0.25) is 0 Å². The van der Waals surface area contributed by atoms with Crippen molar-refractivity contribution < 1.29 is 4.39 Å². The fourth-order valence-electron chi connectivity index (χ4n) is 2.78. The second-order valence-corrected chi connectivity index (χ2v) is 6.00. The molecule has 3 aromatic heterocycles. The van der Waals surface area contributed by atoms with E-state index < -0.39 is 0 Å². The van der Waals surface area contributed by atoms with E-state index in [1.165, 1.54) is 12.1 Å². The molecular formula is C18H17FN6. The van der Waals surface area contributed by atoms with Crippen molar-refractivity contribution in [2.24, 2.45) is 14.1 Å². The summed E-state index contributed by atoms with van der Waals surface area (Å²) in [5.41, 5.74) is 4.70. The van der Waals surface area contributed by atoms with E-state index in [9.17, 15) is 4.39 Å². The smallest absolute Gasteiger partial charge is 0.123 e. The van der Waals surface area contributed by atoms with Crippen LogP contribution in [0.5, 0.6) is 0 Å². The highest BCUT2D eigenvalue weighted by atomic mass is 19.1. The molecule has 0 saturated carbocycles. The fraction of sp³-hybridized carbons (Fsp3) is 0.167. The zero-order valence-corrected chi connectivity index (χ0v) is 14.0. The lowest BCUT2D eigenvalue weighted by Crippen LogP contribution is -2.03. The van der Waals surface area contributed by atoms with Gasteiger partial charge in [0.1, 0.15) is 5.82 Å². The van der Waals surface area contributed by atoms with E-state index in [4.69, 9.17) is 5.10 Å². The predicted molar refractivity (Wildman–Crippen MR) is 92.1 cm³/mol. The monoisotopic (exact) mass is 336 g/mol. The molecule has 1 aromatic carbocycles. The van der Waals surface area contributed by atoms with Gasteiger partial charge in [-0.3, -0.25) is 14.0 Å². The first-order chi connectivity index (χ1) is 12.1. The summed E-state index contributed by atoms with van der Waals surface area (Å²) >= 11 is 0. The molecule has 0 aliphatic heterocycles. The molecule has 0 fully saturated rings. The zero-order valence-electron chi connectivity index (χ0n) is 14.0. The van der Waals surface area contributed by atoms with Crippen molar-refractivity contribution in [2.45, 2.75) is 6.54 Å². The average Bonchev–Trinajstić information content (AvgIpc) is 3.29. The van der Waals surface area contributed by atoms with Crippen LogP contribution in [-0.4, -0.2) is 29.3 Å². The van der Waals surface area contributed by atoms with Crippen molar-refractivity contribution >= 4 is 0 Å². The summed E-state index contributed by atoms with van der Waals surface area (Å²) in [6.45, 7) is 0.546. The van der Waals surface area contributed by atoms with Crippen molar-refractivity contribution in [3.05, 3.63) is 66.5 Å². The third kappa shape index (κ3) is 3.08. The molecular weight excluding hydrogens is 319 g/mol. The first-order valence-electron chi connectivity index (χ1n) is 7.89. The van der Waals surface area contributed by atoms with Gasteiger partial charge in [0.15, 0.2) is 0 Å². The number of aryl methyl sites for hydroxylation is 2. The summed E-state index contributed by atoms with van der Waals surface area (Å²) in [4.78, 5) is 0. The predicted octanol–water partition coefficient (Wildman–Crippen LogP) is 2.87. The Morgan fingerprint density at radius 3 is 2.16 bits per heavy atom. The Morgan fingerprint density at radius 2 is 1.56 bits per heavy atom. The van der Waals surface area contributed by atoms with E-state index in [0.29, 0.717) is 6.54 Å². The van der Waals surface area contributed by atoms with Crippen LogP contribution in [0.25, 0.3) is 22.5 Å². The molecule has 6 nitrogen and oxygen atoms in total. The highest BCUT2D eigenvalue weighted by Crippen LogP contribution is 2.26. The largest absolute Gasteiger partial charge is 0.275 e. The molecule has 0 radical (unpaired) electrons. The molecule has 0 spiro atoms. The van der Waals surface area contributed by atoms with Crippen LogP contribution in [0.1, 0.15) is 5.56 Å². The Kier molecular flexibility index (Phi) is 3.68. The normalized spacial score (nSPS) is 11.2. The van der Waals surface area contributed by atoms with Crippen LogP contribution in [0, 0.1) is 5.82 Å². The molecule has 0 atom stereocenters. The number of nitrogens with zero attached hydrogens (tertiary/aromatic N) is 6. The second-order valence-electron chi connectivity index (χ2n) is 6.00. The summed E-state index contributed by atoms with van der Waals surface area (Å²) in [5.74, 6) is -0.243. The van der Waals surface area contributed by atoms with Gasteiger partial charge in [-0.15, -0.1) is 0 Å². The third-order valence-electron chi connectivity index (χ3n) is 4.03. The lowest BCUT2D eigenvalue weighted by Gasteiger charge is -2.06. The van der Waals surface area contributed by atoms with Gasteiger partial charge in [-0.2, -0.15) is 15.3 Å². The molecule has 4 rings (SSSR count). The van der Waals surface area contributed by atoms with Crippen molar-refractivity contribution in [1.82, 2.24) is 29.3 Å². The maximum Gasteiger partial charge on any atom is 0.123 e. The fourth-order valence-corrected chi connectivity index (χ4v) is 2.78. The Balaban J connectivity index is 1.77. The molecule has 126 valence electrons. The van der Waals surface area contributed by atoms with Crippen LogP contribution in [0.15, 0.2) is 55.1 Å². The minimum absolute atomic E-state index is 0.243. The Labute approximate surface area is 144 Å². The third-order valence-corrected chi connectivity index (χ3v) is 4.03. The minimum atomic E-state index is -0.243. The van der Waals surface area contributed by atoms with E-state index in [0.717, 1.165) is 28.1 Å². The van der Waals surface area contributed by atoms with Crippen LogP contribution >= 0.6 is 0 Å². The van der Waals surface area contributed by atoms with Crippen LogP contribution in [-0.2, 0) is 20.6 Å². The van der Waals surface area contributed by atoms with Gasteiger partial charge in [0.25, 0.3) is 0 Å². The topological polar surface area (TPSA) is 53.5 Å². The molecule has 0 amide bonds. The van der Waals surface area contributed by atoms with Crippen molar-refractivity contribution in [3.8, 4) is 22.5 Å². The highest BCUT2D eigenvalue weighted by molar-refractivity contribution is 5.67. The van der Waals surface area contributed by atoms with E-state index in [1.54, 1.807) is 27.7 Å². The number of aromatic nitrogens is 6. The van der Waals surface area contributed by atoms with Gasteiger partial charge in [0, 0.05) is 37.6 Å². The summed E-state index contributed by atoms with van der Waals surface area (Å²) in [7, 11) is 3.76. The maximum absolute atomic E-state index is 13.2. The van der Waals surface area contributed by atoms with Gasteiger partial charge in [-0.05, 0) is 23.8 Å². The summed E-state index contributed by atoms with van der Waals surface area (Å²) in [6, 6.07) is 8.49.